The van der Waals surface area contributed by atoms with E-state index < -0.39 is 5.41 Å². The van der Waals surface area contributed by atoms with Crippen molar-refractivity contribution in [2.24, 2.45) is 0 Å². The molecule has 0 radical (unpaired) electrons. The Hall–Kier alpha value is -7.16. The third-order valence-electron chi connectivity index (χ3n) is 11.9. The summed E-state index contributed by atoms with van der Waals surface area (Å²) in [5, 5.41) is 29.8. The van der Waals surface area contributed by atoms with E-state index in [9.17, 15) is 10.2 Å². The Bertz CT molecular complexity index is 2960. The minimum atomic E-state index is -0.718. The predicted molar refractivity (Wildman–Crippen MR) is 228 cm³/mol. The number of phenols is 2. The second-order valence-electron chi connectivity index (χ2n) is 14.8. The fourth-order valence-electron chi connectivity index (χ4n) is 9.33. The van der Waals surface area contributed by atoms with Gasteiger partial charge >= 0.3 is 0 Å². The monoisotopic (exact) mass is 702 g/mol. The normalized spacial score (nSPS) is 13.0. The summed E-state index contributed by atoms with van der Waals surface area (Å²) in [6, 6.07) is 69.1. The molecule has 0 spiro atoms. The van der Waals surface area contributed by atoms with E-state index >= 15 is 0 Å². The smallest absolute Gasteiger partial charge is 0.116 e. The van der Waals surface area contributed by atoms with Gasteiger partial charge in [-0.05, 0) is 147 Å². The van der Waals surface area contributed by atoms with E-state index in [4.69, 9.17) is 0 Å². The first-order chi connectivity index (χ1) is 27.0. The van der Waals surface area contributed by atoms with Gasteiger partial charge in [-0.15, -0.1) is 0 Å². The Morgan fingerprint density at radius 1 is 0.291 bits per heavy atom. The van der Waals surface area contributed by atoms with Crippen LogP contribution in [0.15, 0.2) is 194 Å². The molecule has 0 fully saturated rings. The van der Waals surface area contributed by atoms with E-state index in [1.54, 1.807) is 12.1 Å². The minimum absolute atomic E-state index is 0.253. The lowest BCUT2D eigenvalue weighted by atomic mass is 9.66. The summed E-state index contributed by atoms with van der Waals surface area (Å²) in [6.45, 7) is 0. The molecule has 0 saturated carbocycles. The van der Waals surface area contributed by atoms with Gasteiger partial charge in [0.15, 0.2) is 0 Å². The number of hydrogen-bond donors (Lipinski definition) is 2. The molecule has 0 aromatic heterocycles. The number of phenolic OH excluding ortho intramolecular Hbond substituents is 2. The lowest BCUT2D eigenvalue weighted by Gasteiger charge is -2.35. The topological polar surface area (TPSA) is 40.5 Å². The molecular weight excluding hydrogens is 669 g/mol. The average molecular weight is 703 g/mol. The highest BCUT2D eigenvalue weighted by atomic mass is 16.3. The molecule has 0 saturated heterocycles. The van der Waals surface area contributed by atoms with Crippen LogP contribution in [0.5, 0.6) is 11.5 Å². The number of fused-ring (bicyclic) bond motifs is 7. The summed E-state index contributed by atoms with van der Waals surface area (Å²) in [4.78, 5) is 0. The highest BCUT2D eigenvalue weighted by Gasteiger charge is 2.47. The largest absolute Gasteiger partial charge is 0.508 e. The van der Waals surface area contributed by atoms with Crippen molar-refractivity contribution in [3.05, 3.63) is 216 Å². The molecule has 2 heteroatoms. The van der Waals surface area contributed by atoms with Crippen LogP contribution in [0, 0.1) is 0 Å². The van der Waals surface area contributed by atoms with Crippen molar-refractivity contribution < 1.29 is 10.2 Å². The molecule has 0 amide bonds. The van der Waals surface area contributed by atoms with E-state index in [-0.39, 0.29) is 11.5 Å². The van der Waals surface area contributed by atoms with Crippen molar-refractivity contribution in [2.75, 3.05) is 0 Å². The maximum Gasteiger partial charge on any atom is 0.116 e. The molecule has 2 N–H and O–H groups in total. The van der Waals surface area contributed by atoms with Gasteiger partial charge in [-0.25, -0.2) is 0 Å². The van der Waals surface area contributed by atoms with Crippen molar-refractivity contribution >= 4 is 43.1 Å². The van der Waals surface area contributed by atoms with E-state index in [0.29, 0.717) is 0 Å². The van der Waals surface area contributed by atoms with Gasteiger partial charge in [0, 0.05) is 0 Å². The van der Waals surface area contributed by atoms with Crippen LogP contribution >= 0.6 is 0 Å². The number of hydrogen-bond acceptors (Lipinski definition) is 2. The molecule has 10 aromatic carbocycles. The fourth-order valence-corrected chi connectivity index (χ4v) is 9.33. The van der Waals surface area contributed by atoms with E-state index in [2.05, 4.69) is 158 Å². The van der Waals surface area contributed by atoms with Crippen LogP contribution in [0.3, 0.4) is 0 Å². The zero-order valence-electron chi connectivity index (χ0n) is 29.9. The summed E-state index contributed by atoms with van der Waals surface area (Å²) < 4.78 is 0. The molecule has 1 aliphatic carbocycles. The number of benzene rings is 10. The van der Waals surface area contributed by atoms with Crippen molar-refractivity contribution in [1.29, 1.82) is 0 Å². The molecule has 0 heterocycles. The van der Waals surface area contributed by atoms with Crippen LogP contribution in [0.4, 0.5) is 0 Å². The Morgan fingerprint density at radius 2 is 0.709 bits per heavy atom. The van der Waals surface area contributed by atoms with Crippen LogP contribution < -0.4 is 0 Å². The van der Waals surface area contributed by atoms with Gasteiger partial charge in [0.25, 0.3) is 0 Å². The molecule has 258 valence electrons. The lowest BCUT2D eigenvalue weighted by molar-refractivity contribution is 0.475. The summed E-state index contributed by atoms with van der Waals surface area (Å²) in [6.07, 6.45) is 0. The Balaban J connectivity index is 1.27. The molecule has 10 aromatic rings. The average Bonchev–Trinajstić information content (AvgIpc) is 3.52. The predicted octanol–water partition coefficient (Wildman–Crippen LogP) is 13.4. The van der Waals surface area contributed by atoms with Crippen molar-refractivity contribution in [2.45, 2.75) is 5.41 Å². The summed E-state index contributed by atoms with van der Waals surface area (Å²) >= 11 is 0. The molecule has 0 unspecified atom stereocenters. The molecular formula is C53H34O2. The van der Waals surface area contributed by atoms with Gasteiger partial charge in [-0.2, -0.15) is 0 Å². The highest BCUT2D eigenvalue weighted by Crippen LogP contribution is 2.58. The molecule has 0 aliphatic heterocycles. The number of aromatic hydroxyl groups is 2. The Morgan fingerprint density at radius 3 is 1.20 bits per heavy atom. The zero-order valence-corrected chi connectivity index (χ0v) is 29.9. The fraction of sp³-hybridized carbons (Fsp3) is 0.0189. The van der Waals surface area contributed by atoms with E-state index in [0.717, 1.165) is 32.7 Å². The third-order valence-corrected chi connectivity index (χ3v) is 11.9. The minimum Gasteiger partial charge on any atom is -0.508 e. The van der Waals surface area contributed by atoms with Gasteiger partial charge in [0.1, 0.15) is 11.5 Å². The summed E-state index contributed by atoms with van der Waals surface area (Å²) in [7, 11) is 0. The van der Waals surface area contributed by atoms with Gasteiger partial charge in [0.2, 0.25) is 0 Å². The molecule has 0 bridgehead atoms. The quantitative estimate of drug-likeness (QED) is 0.192. The van der Waals surface area contributed by atoms with Crippen molar-refractivity contribution in [1.82, 2.24) is 0 Å². The molecule has 2 nitrogen and oxygen atoms in total. The van der Waals surface area contributed by atoms with Crippen LogP contribution in [-0.2, 0) is 5.41 Å². The first kappa shape index (κ1) is 31.4. The second-order valence-corrected chi connectivity index (χ2v) is 14.8. The highest BCUT2D eigenvalue weighted by molar-refractivity contribution is 6.01. The molecule has 1 aliphatic rings. The summed E-state index contributed by atoms with van der Waals surface area (Å²) in [5.41, 5.74) is 11.2. The molecule has 0 atom stereocenters. The molecule has 55 heavy (non-hydrogen) atoms. The first-order valence-corrected chi connectivity index (χ1v) is 18.8. The van der Waals surface area contributed by atoms with Crippen molar-refractivity contribution in [3.63, 3.8) is 0 Å². The van der Waals surface area contributed by atoms with Gasteiger partial charge < -0.3 is 10.2 Å². The van der Waals surface area contributed by atoms with Crippen LogP contribution in [-0.4, -0.2) is 10.2 Å². The summed E-state index contributed by atoms with van der Waals surface area (Å²) in [5.74, 6) is 0.507. The van der Waals surface area contributed by atoms with Crippen LogP contribution in [0.25, 0.3) is 76.5 Å². The van der Waals surface area contributed by atoms with Crippen LogP contribution in [0.2, 0.25) is 0 Å². The van der Waals surface area contributed by atoms with Gasteiger partial charge in [-0.1, -0.05) is 146 Å². The SMILES string of the molecule is Oc1ccc2cc(C3(c4ccc5cc(O)ccc5c4)c4cc(-c5cccc6ccccc56)ccc4-c4ccc(-c5cccc6ccccc56)cc43)ccc2c1. The third kappa shape index (κ3) is 4.75. The zero-order chi connectivity index (χ0) is 36.7. The molecule has 11 rings (SSSR count). The maximum atomic E-state index is 10.4. The lowest BCUT2D eigenvalue weighted by Crippen LogP contribution is -2.28. The maximum absolute atomic E-state index is 10.4. The second kappa shape index (κ2) is 11.9. The van der Waals surface area contributed by atoms with Crippen LogP contribution in [0.1, 0.15) is 22.3 Å². The standard InChI is InChI=1S/C53H34O2/c54-43-23-17-35-27-41(21-15-37(35)29-43)53(42-22-16-38-30-44(55)24-18-36(38)28-42)51-31-39(47-13-5-9-33-7-1-3-11-45(33)47)19-25-49(51)50-26-20-40(32-52(50)53)48-14-6-10-34-8-2-4-12-46(34)48/h1-32,54-55H. The van der Waals surface area contributed by atoms with Crippen molar-refractivity contribution in [3.8, 4) is 44.9 Å². The number of rotatable bonds is 4. The van der Waals surface area contributed by atoms with Gasteiger partial charge in [0.05, 0.1) is 5.41 Å². The first-order valence-electron chi connectivity index (χ1n) is 18.8. The van der Waals surface area contributed by atoms with Gasteiger partial charge in [-0.3, -0.25) is 0 Å². The Labute approximate surface area is 318 Å². The Kier molecular flexibility index (Phi) is 6.80. The van der Waals surface area contributed by atoms with E-state index in [1.165, 1.54) is 66.1 Å². The van der Waals surface area contributed by atoms with E-state index in [1.807, 2.05) is 24.3 Å².